The van der Waals surface area contributed by atoms with Gasteiger partial charge in [-0.15, -0.1) is 0 Å². The number of nitrogens with zero attached hydrogens (tertiary/aromatic N) is 1. The first-order valence-corrected chi connectivity index (χ1v) is 25.2. The van der Waals surface area contributed by atoms with Crippen LogP contribution in [0, 0.1) is 11.3 Å². The highest BCUT2D eigenvalue weighted by Crippen LogP contribution is 2.53. The lowest BCUT2D eigenvalue weighted by molar-refractivity contribution is 0.670. The highest BCUT2D eigenvalue weighted by Gasteiger charge is 2.29. The molecule has 0 saturated carbocycles. The van der Waals surface area contributed by atoms with Gasteiger partial charge in [0.25, 0.3) is 0 Å². The van der Waals surface area contributed by atoms with Gasteiger partial charge in [0.15, 0.2) is 0 Å². The van der Waals surface area contributed by atoms with Crippen molar-refractivity contribution in [2.75, 3.05) is 0 Å². The minimum absolute atomic E-state index is 0.228. The van der Waals surface area contributed by atoms with Crippen LogP contribution in [0.4, 0.5) is 0 Å². The molecule has 0 amide bonds. The van der Waals surface area contributed by atoms with E-state index in [1.807, 2.05) is 18.2 Å². The molecule has 2 aliphatic rings. The summed E-state index contributed by atoms with van der Waals surface area (Å²) in [6.45, 7) is 4.68. The number of benzene rings is 11. The molecule has 11 aromatic carbocycles. The molecule has 340 valence electrons. The van der Waals surface area contributed by atoms with Crippen LogP contribution < -0.4 is 0 Å². The maximum Gasteiger partial charge on any atom is 0.143 e. The molecule has 2 nitrogen and oxygen atoms in total. The molecule has 0 aliphatic heterocycles. The Morgan fingerprint density at radius 1 is 0.329 bits per heavy atom. The van der Waals surface area contributed by atoms with Crippen molar-refractivity contribution in [1.29, 1.82) is 5.26 Å². The Bertz CT molecular complexity index is 4320. The maximum absolute atomic E-state index is 10.4. The van der Waals surface area contributed by atoms with Crippen LogP contribution in [0.2, 0.25) is 0 Å². The van der Waals surface area contributed by atoms with Crippen molar-refractivity contribution in [3.05, 3.63) is 242 Å². The summed E-state index contributed by atoms with van der Waals surface area (Å²) in [5.41, 5.74) is 29.4. The van der Waals surface area contributed by atoms with Crippen LogP contribution in [0.15, 0.2) is 235 Å². The Balaban J connectivity index is 0.972. The van der Waals surface area contributed by atoms with E-state index in [0.717, 1.165) is 83.1 Å². The monoisotopic (exact) mass is 927 g/mol. The van der Waals surface area contributed by atoms with Crippen LogP contribution in [-0.4, -0.2) is 7.85 Å². The van der Waals surface area contributed by atoms with Crippen LogP contribution in [-0.2, 0) is 5.31 Å². The van der Waals surface area contributed by atoms with E-state index in [-0.39, 0.29) is 5.31 Å². The molecule has 73 heavy (non-hydrogen) atoms. The predicted molar refractivity (Wildman–Crippen MR) is 307 cm³/mol. The molecule has 1 heterocycles. The summed E-state index contributed by atoms with van der Waals surface area (Å²) in [7, 11) is 2.34. The molecule has 12 aromatic rings. The van der Waals surface area contributed by atoms with Crippen LogP contribution in [0.3, 0.4) is 0 Å². The van der Waals surface area contributed by atoms with Crippen molar-refractivity contribution >= 4 is 29.8 Å². The molecule has 3 heteroatoms. The quantitative estimate of drug-likeness (QED) is 0.165. The number of fused-ring (bicyclic) bond motifs is 19. The van der Waals surface area contributed by atoms with Crippen LogP contribution >= 0.6 is 0 Å². The number of nitriles is 1. The third kappa shape index (κ3) is 6.72. The van der Waals surface area contributed by atoms with Gasteiger partial charge in [-0.2, -0.15) is 5.26 Å². The topological polar surface area (TPSA) is 36.9 Å². The highest BCUT2D eigenvalue weighted by molar-refractivity contribution is 6.17. The van der Waals surface area contributed by atoms with Gasteiger partial charge in [-0.05, 0) is 164 Å². The Labute approximate surface area is 426 Å². The molecule has 0 atom stereocenters. The highest BCUT2D eigenvalue weighted by atomic mass is 16.3. The van der Waals surface area contributed by atoms with Gasteiger partial charge in [-0.25, -0.2) is 0 Å². The van der Waals surface area contributed by atoms with Crippen molar-refractivity contribution in [1.82, 2.24) is 0 Å². The van der Waals surface area contributed by atoms with E-state index in [9.17, 15) is 5.26 Å². The van der Waals surface area contributed by atoms with Crippen LogP contribution in [0.25, 0.3) is 144 Å². The summed E-state index contributed by atoms with van der Waals surface area (Å²) in [5, 5.41) is 12.3. The molecule has 0 bridgehead atoms. The molecular formula is C70H46BNO. The first-order chi connectivity index (χ1) is 35.8. The van der Waals surface area contributed by atoms with Crippen molar-refractivity contribution in [2.45, 2.75) is 19.2 Å². The fourth-order valence-electron chi connectivity index (χ4n) is 12.2. The van der Waals surface area contributed by atoms with E-state index >= 15 is 0 Å². The van der Waals surface area contributed by atoms with E-state index in [1.165, 1.54) is 66.8 Å². The summed E-state index contributed by atoms with van der Waals surface area (Å²) >= 11 is 0. The van der Waals surface area contributed by atoms with Gasteiger partial charge in [-0.3, -0.25) is 0 Å². The van der Waals surface area contributed by atoms with E-state index in [0.29, 0.717) is 5.56 Å². The van der Waals surface area contributed by atoms with Crippen molar-refractivity contribution in [3.63, 3.8) is 0 Å². The summed E-state index contributed by atoms with van der Waals surface area (Å²) in [6, 6.07) is 86.6. The van der Waals surface area contributed by atoms with Crippen molar-refractivity contribution in [3.8, 4) is 128 Å². The summed E-state index contributed by atoms with van der Waals surface area (Å²) in [5.74, 6) is 0. The molecular weight excluding hydrogens is 882 g/mol. The molecule has 0 saturated heterocycles. The second kappa shape index (κ2) is 16.4. The fourth-order valence-corrected chi connectivity index (χ4v) is 12.2. The van der Waals surface area contributed by atoms with Gasteiger partial charge >= 0.3 is 0 Å². The molecule has 0 unspecified atom stereocenters. The number of hydrogen-bond donors (Lipinski definition) is 0. The largest absolute Gasteiger partial charge is 0.455 e. The lowest BCUT2D eigenvalue weighted by Gasteiger charge is -2.29. The smallest absolute Gasteiger partial charge is 0.143 e. The van der Waals surface area contributed by atoms with Crippen LogP contribution in [0.1, 0.15) is 25.0 Å². The number of para-hydroxylation sites is 2. The Hall–Kier alpha value is -9.23. The molecule has 1 aromatic heterocycles. The molecule has 0 N–H and O–H groups in total. The lowest BCUT2D eigenvalue weighted by Crippen LogP contribution is -2.19. The average molecular weight is 928 g/mol. The van der Waals surface area contributed by atoms with Gasteiger partial charge < -0.3 is 4.42 Å². The normalized spacial score (nSPS) is 12.0. The third-order valence-corrected chi connectivity index (χ3v) is 15.4. The molecule has 0 spiro atoms. The second-order valence-corrected chi connectivity index (χ2v) is 20.6. The van der Waals surface area contributed by atoms with E-state index in [1.54, 1.807) is 0 Å². The Kier molecular flexibility index (Phi) is 9.59. The SMILES string of the molecule is BC(C)(C)c1c(-c2ccc3c(c2)-c2ccccc2-c2ccccc2-c2ccccc2-3)cccc1-c1ccc2c(c1)-c1ccc(C#N)cc1-c1ccccc1-c1cc(-c3cccc4c3oc3ccccc34)ccc1-2. The first kappa shape index (κ1) is 42.6. The molecule has 0 fully saturated rings. The standard InChI is InChI=1S/C70H46BNO/c1-70(2,71)68-46(43-30-34-57-53-19-6-5-17-51(53)49-15-3-4-16-50(49)52-18-7-8-20-54(52)64(57)38-43)24-13-25-47(68)44-31-35-59-58-36-32-45(48-26-14-27-62-61-23-11-12-28-67(61)73-69(48)62)40-65(58)56-22-10-9-21-55(56)63-37-42(41-72)29-33-60(63)66(59)39-44/h3-40H,71H2,1-2H3. The van der Waals surface area contributed by atoms with Gasteiger partial charge in [0.2, 0.25) is 0 Å². The molecule has 2 aliphatic carbocycles. The summed E-state index contributed by atoms with van der Waals surface area (Å²) in [4.78, 5) is 0. The zero-order valence-electron chi connectivity index (χ0n) is 40.8. The van der Waals surface area contributed by atoms with Gasteiger partial charge in [-0.1, -0.05) is 208 Å². The molecule has 14 rings (SSSR count). The van der Waals surface area contributed by atoms with E-state index in [4.69, 9.17) is 4.42 Å². The second-order valence-electron chi connectivity index (χ2n) is 20.6. The van der Waals surface area contributed by atoms with E-state index < -0.39 is 0 Å². The number of furan rings is 1. The van der Waals surface area contributed by atoms with Gasteiger partial charge in [0.1, 0.15) is 19.0 Å². The minimum atomic E-state index is -0.228. The van der Waals surface area contributed by atoms with Gasteiger partial charge in [0, 0.05) is 16.3 Å². The zero-order valence-corrected chi connectivity index (χ0v) is 40.8. The average Bonchev–Trinajstić information content (AvgIpc) is 3.82. The maximum atomic E-state index is 10.4. The zero-order chi connectivity index (χ0) is 49.0. The number of hydrogen-bond acceptors (Lipinski definition) is 2. The lowest BCUT2D eigenvalue weighted by atomic mass is 9.63. The third-order valence-electron chi connectivity index (χ3n) is 15.4. The first-order valence-electron chi connectivity index (χ1n) is 25.2. The Morgan fingerprint density at radius 2 is 0.658 bits per heavy atom. The predicted octanol–water partition coefficient (Wildman–Crippen LogP) is 18.3. The van der Waals surface area contributed by atoms with Gasteiger partial charge in [0.05, 0.1) is 11.6 Å². The minimum Gasteiger partial charge on any atom is -0.455 e. The Morgan fingerprint density at radius 3 is 1.12 bits per heavy atom. The van der Waals surface area contributed by atoms with E-state index in [2.05, 4.69) is 240 Å². The van der Waals surface area contributed by atoms with Crippen molar-refractivity contribution < 1.29 is 4.42 Å². The summed E-state index contributed by atoms with van der Waals surface area (Å²) < 4.78 is 6.59. The van der Waals surface area contributed by atoms with Crippen molar-refractivity contribution in [2.24, 2.45) is 0 Å². The summed E-state index contributed by atoms with van der Waals surface area (Å²) in [6.07, 6.45) is 0. The molecule has 0 radical (unpaired) electrons. The van der Waals surface area contributed by atoms with Crippen LogP contribution in [0.5, 0.6) is 0 Å². The fraction of sp³-hybridized carbons (Fsp3) is 0.0429. The number of rotatable bonds is 4.